The van der Waals surface area contributed by atoms with Gasteiger partial charge in [-0.1, -0.05) is 147 Å². The van der Waals surface area contributed by atoms with Gasteiger partial charge in [0.2, 0.25) is 0 Å². The molecule has 218 valence electrons. The lowest BCUT2D eigenvalue weighted by Crippen LogP contribution is -2.24. The second-order valence-corrected chi connectivity index (χ2v) is 14.9. The van der Waals surface area contributed by atoms with Crippen molar-refractivity contribution in [2.75, 3.05) is 9.34 Å². The molecule has 0 bridgehead atoms. The Morgan fingerprint density at radius 3 is 1.18 bits per heavy atom. The van der Waals surface area contributed by atoms with E-state index in [2.05, 4.69) is 169 Å². The van der Waals surface area contributed by atoms with E-state index in [1.165, 1.54) is 0 Å². The average molecular weight is 601 g/mol. The van der Waals surface area contributed by atoms with E-state index in [1.54, 1.807) is 0 Å². The highest BCUT2D eigenvalue weighted by atomic mass is 31.2. The van der Waals surface area contributed by atoms with Crippen LogP contribution in [0.15, 0.2) is 158 Å². The molecule has 0 unspecified atom stereocenters. The lowest BCUT2D eigenvalue weighted by atomic mass is 9.96. The van der Waals surface area contributed by atoms with E-state index in [9.17, 15) is 0 Å². The second-order valence-electron chi connectivity index (χ2n) is 11.9. The topological polar surface area (TPSA) is 23.6 Å². The van der Waals surface area contributed by atoms with Crippen LogP contribution in [0.25, 0.3) is 43.8 Å². The zero-order valence-electron chi connectivity index (χ0n) is 25.3. The summed E-state index contributed by atoms with van der Waals surface area (Å²) in [4.78, 5) is 0. The van der Waals surface area contributed by atoms with Crippen molar-refractivity contribution < 1.29 is 4.57 Å². The smallest absolute Gasteiger partial charge is 0.274 e. The molecule has 0 spiro atoms. The minimum Gasteiger partial charge on any atom is -0.275 e. The van der Waals surface area contributed by atoms with Crippen molar-refractivity contribution in [3.05, 3.63) is 158 Å². The molecule has 0 atom stereocenters. The molecular weight excluding hydrogens is 567 g/mol. The molecule has 8 rings (SSSR count). The van der Waals surface area contributed by atoms with Crippen molar-refractivity contribution in [3.8, 4) is 22.3 Å². The van der Waals surface area contributed by atoms with Gasteiger partial charge in [0.05, 0.1) is 22.7 Å². The lowest BCUT2D eigenvalue weighted by molar-refractivity contribution is 0.570. The molecule has 0 aliphatic carbocycles. The molecule has 0 radical (unpaired) electrons. The summed E-state index contributed by atoms with van der Waals surface area (Å²) in [5.74, 6) is 0. The first-order chi connectivity index (χ1) is 22.1. The summed E-state index contributed by atoms with van der Waals surface area (Å²) < 4.78 is 20.6. The largest absolute Gasteiger partial charge is 0.275 e. The van der Waals surface area contributed by atoms with Crippen LogP contribution in [-0.2, 0) is 4.57 Å². The van der Waals surface area contributed by atoms with Crippen LogP contribution in [0.3, 0.4) is 0 Å². The van der Waals surface area contributed by atoms with Crippen molar-refractivity contribution >= 4 is 51.7 Å². The van der Waals surface area contributed by atoms with Gasteiger partial charge < -0.3 is 0 Å². The van der Waals surface area contributed by atoms with Crippen LogP contribution < -0.4 is 9.34 Å². The van der Waals surface area contributed by atoms with Gasteiger partial charge in [-0.15, -0.1) is 0 Å². The highest BCUT2D eigenvalue weighted by molar-refractivity contribution is 7.69. The summed E-state index contributed by atoms with van der Waals surface area (Å²) in [7, 11) is -3.35. The van der Waals surface area contributed by atoms with E-state index in [1.807, 2.05) is 12.1 Å². The standard InChI is InChI=1S/C41H33N2OP/c1-29(2)45(44)42(38-27-13-21-32-19-11-23-34(40(32)38)30-15-5-3-6-16-30)36-25-9-10-26-37(36)43(45)39-28-14-22-33-20-12-24-35(41(33)39)31-17-7-4-8-18-31/h3-29H,1-2H3. The summed E-state index contributed by atoms with van der Waals surface area (Å²) in [6.45, 7) is 4.19. The Labute approximate surface area is 264 Å². The lowest BCUT2D eigenvalue weighted by Gasteiger charge is -2.37. The van der Waals surface area contributed by atoms with Crippen LogP contribution in [0.5, 0.6) is 0 Å². The number of nitrogens with zero attached hydrogens (tertiary/aromatic N) is 2. The Morgan fingerprint density at radius 2 is 0.778 bits per heavy atom. The first kappa shape index (κ1) is 27.4. The Balaban J connectivity index is 1.44. The van der Waals surface area contributed by atoms with E-state index >= 15 is 4.57 Å². The monoisotopic (exact) mass is 600 g/mol. The summed E-state index contributed by atoms with van der Waals surface area (Å²) >= 11 is 0. The molecule has 1 aliphatic rings. The zero-order chi connectivity index (χ0) is 30.5. The van der Waals surface area contributed by atoms with Crippen LogP contribution in [0, 0.1) is 0 Å². The van der Waals surface area contributed by atoms with Gasteiger partial charge in [0, 0.05) is 16.4 Å². The molecule has 0 aromatic heterocycles. The van der Waals surface area contributed by atoms with Gasteiger partial charge in [0.25, 0.3) is 7.44 Å². The third-order valence-electron chi connectivity index (χ3n) is 8.98. The molecule has 0 saturated heterocycles. The number of hydrogen-bond acceptors (Lipinski definition) is 1. The maximum absolute atomic E-state index is 16.3. The average Bonchev–Trinajstić information content (AvgIpc) is 3.37. The van der Waals surface area contributed by atoms with Crippen LogP contribution in [0.4, 0.5) is 22.7 Å². The van der Waals surface area contributed by atoms with Crippen molar-refractivity contribution in [1.82, 2.24) is 0 Å². The van der Waals surface area contributed by atoms with Crippen molar-refractivity contribution in [2.45, 2.75) is 19.5 Å². The Morgan fingerprint density at radius 1 is 0.422 bits per heavy atom. The highest BCUT2D eigenvalue weighted by Gasteiger charge is 2.50. The molecule has 0 N–H and O–H groups in total. The summed E-state index contributed by atoms with van der Waals surface area (Å²) in [6.07, 6.45) is 0. The van der Waals surface area contributed by atoms with Gasteiger partial charge in [-0.3, -0.25) is 13.9 Å². The van der Waals surface area contributed by atoms with E-state index in [0.29, 0.717) is 0 Å². The summed E-state index contributed by atoms with van der Waals surface area (Å²) in [5.41, 5.74) is 8.20. The van der Waals surface area contributed by atoms with E-state index < -0.39 is 7.44 Å². The second kappa shape index (κ2) is 10.8. The third kappa shape index (κ3) is 4.23. The predicted octanol–water partition coefficient (Wildman–Crippen LogP) is 12.2. The number of benzene rings is 7. The minimum absolute atomic E-state index is 0.178. The molecule has 1 aliphatic heterocycles. The van der Waals surface area contributed by atoms with Gasteiger partial charge in [-0.05, 0) is 57.3 Å². The van der Waals surface area contributed by atoms with E-state index in [-0.39, 0.29) is 5.66 Å². The van der Waals surface area contributed by atoms with Crippen LogP contribution >= 0.6 is 7.44 Å². The minimum atomic E-state index is -3.35. The number of fused-ring (bicyclic) bond motifs is 3. The van der Waals surface area contributed by atoms with Crippen LogP contribution in [0.1, 0.15) is 13.8 Å². The quantitative estimate of drug-likeness (QED) is 0.184. The third-order valence-corrected chi connectivity index (χ3v) is 12.3. The molecule has 45 heavy (non-hydrogen) atoms. The molecule has 0 amide bonds. The van der Waals surface area contributed by atoms with Gasteiger partial charge in [0.15, 0.2) is 0 Å². The molecule has 3 nitrogen and oxygen atoms in total. The Kier molecular flexibility index (Phi) is 6.59. The maximum Gasteiger partial charge on any atom is 0.274 e. The van der Waals surface area contributed by atoms with Gasteiger partial charge in [-0.25, -0.2) is 0 Å². The van der Waals surface area contributed by atoms with Gasteiger partial charge >= 0.3 is 0 Å². The zero-order valence-corrected chi connectivity index (χ0v) is 26.2. The fourth-order valence-electron chi connectivity index (χ4n) is 6.96. The Hall–Kier alpha value is -5.11. The molecule has 7 aromatic rings. The maximum atomic E-state index is 16.3. The molecule has 7 aromatic carbocycles. The number of rotatable bonds is 5. The molecule has 0 fully saturated rings. The van der Waals surface area contributed by atoms with Crippen molar-refractivity contribution in [2.24, 2.45) is 0 Å². The highest BCUT2D eigenvalue weighted by Crippen LogP contribution is 2.74. The first-order valence-corrected chi connectivity index (χ1v) is 17.2. The fraction of sp³-hybridized carbons (Fsp3) is 0.0732. The predicted molar refractivity (Wildman–Crippen MR) is 192 cm³/mol. The van der Waals surface area contributed by atoms with Gasteiger partial charge in [-0.2, -0.15) is 0 Å². The molecule has 0 saturated carbocycles. The SMILES string of the molecule is CC(C)P1(=O)N(c2cccc3cccc(-c4ccccc4)c23)c2ccccc2N1c1cccc2cccc(-c3ccccc3)c12. The number of hydrogen-bond donors (Lipinski definition) is 0. The molecule has 1 heterocycles. The van der Waals surface area contributed by atoms with Crippen molar-refractivity contribution in [1.29, 1.82) is 0 Å². The van der Waals surface area contributed by atoms with Crippen molar-refractivity contribution in [3.63, 3.8) is 0 Å². The first-order valence-electron chi connectivity index (χ1n) is 15.5. The van der Waals surface area contributed by atoms with Crippen LogP contribution in [-0.4, -0.2) is 5.66 Å². The fourth-order valence-corrected chi connectivity index (χ4v) is 9.97. The normalized spacial score (nSPS) is 13.9. The van der Waals surface area contributed by atoms with E-state index in [4.69, 9.17) is 0 Å². The Bertz CT molecular complexity index is 2080. The molecular formula is C41H33N2OP. The van der Waals surface area contributed by atoms with E-state index in [0.717, 1.165) is 66.5 Å². The van der Waals surface area contributed by atoms with Gasteiger partial charge in [0.1, 0.15) is 0 Å². The number of anilines is 4. The summed E-state index contributed by atoms with van der Waals surface area (Å²) in [5, 5.41) is 4.45. The van der Waals surface area contributed by atoms with Crippen LogP contribution in [0.2, 0.25) is 0 Å². The number of para-hydroxylation sites is 2. The molecule has 4 heteroatoms. The summed E-state index contributed by atoms with van der Waals surface area (Å²) in [6, 6.07) is 55.0.